The fraction of sp³-hybridized carbons (Fsp3) is 0.125. The van der Waals surface area contributed by atoms with Gasteiger partial charge in [0.05, 0.1) is 18.4 Å². The molecule has 6 heteroatoms. The number of phenolic OH excluding ortho intramolecular Hbond substituents is 1. The molecule has 0 fully saturated rings. The topological polar surface area (TPSA) is 68.1 Å². The lowest BCUT2D eigenvalue weighted by molar-refractivity contribution is 0.0519. The molecule has 0 unspecified atom stereocenters. The molecule has 0 aromatic heterocycles. The van der Waals surface area contributed by atoms with Crippen molar-refractivity contribution in [2.45, 2.75) is 6.92 Å². The van der Waals surface area contributed by atoms with Crippen molar-refractivity contribution in [1.29, 1.82) is 0 Å². The van der Waals surface area contributed by atoms with Gasteiger partial charge in [-0.15, -0.1) is 0 Å². The van der Waals surface area contributed by atoms with E-state index >= 15 is 0 Å². The highest BCUT2D eigenvalue weighted by molar-refractivity contribution is 6.30. The average molecular weight is 320 g/mol. The summed E-state index contributed by atoms with van der Waals surface area (Å²) in [6.45, 7) is 2.24. The first-order chi connectivity index (χ1) is 10.6. The molecule has 0 atom stereocenters. The molecule has 2 aromatic rings. The Bertz CT molecular complexity index is 683. The monoisotopic (exact) mass is 319 g/mol. The van der Waals surface area contributed by atoms with Gasteiger partial charge in [-0.1, -0.05) is 16.8 Å². The number of oxime groups is 1. The molecule has 0 heterocycles. The largest absolute Gasteiger partial charge is 0.504 e. The molecule has 2 aromatic carbocycles. The SMILES string of the molecule is CCOc1cc(/C=N/OC(=O)c2ccc(Cl)cc2)ccc1O. The third kappa shape index (κ3) is 4.23. The first kappa shape index (κ1) is 15.9. The molecule has 0 spiro atoms. The van der Waals surface area contributed by atoms with Gasteiger partial charge < -0.3 is 14.7 Å². The Morgan fingerprint density at radius 3 is 2.68 bits per heavy atom. The number of phenols is 1. The minimum absolute atomic E-state index is 0.0390. The number of rotatable bonds is 5. The predicted octanol–water partition coefficient (Wildman–Crippen LogP) is 3.64. The first-order valence-electron chi connectivity index (χ1n) is 6.56. The van der Waals surface area contributed by atoms with Crippen LogP contribution in [0.2, 0.25) is 5.02 Å². The van der Waals surface area contributed by atoms with E-state index in [9.17, 15) is 9.90 Å². The Hall–Kier alpha value is -2.53. The molecule has 2 rings (SSSR count). The van der Waals surface area contributed by atoms with Crippen LogP contribution >= 0.6 is 11.6 Å². The van der Waals surface area contributed by atoms with Crippen molar-refractivity contribution in [3.8, 4) is 11.5 Å². The van der Waals surface area contributed by atoms with Crippen molar-refractivity contribution in [1.82, 2.24) is 0 Å². The molecular formula is C16H14ClNO4. The molecule has 0 aliphatic rings. The molecule has 0 aliphatic carbocycles. The van der Waals surface area contributed by atoms with Crippen LogP contribution in [0.4, 0.5) is 0 Å². The Morgan fingerprint density at radius 2 is 2.00 bits per heavy atom. The number of ether oxygens (including phenoxy) is 1. The van der Waals surface area contributed by atoms with E-state index < -0.39 is 5.97 Å². The number of carbonyl (C=O) groups excluding carboxylic acids is 1. The van der Waals surface area contributed by atoms with E-state index in [0.29, 0.717) is 28.5 Å². The normalized spacial score (nSPS) is 10.6. The van der Waals surface area contributed by atoms with Crippen LogP contribution in [0.3, 0.4) is 0 Å². The smallest absolute Gasteiger partial charge is 0.365 e. The van der Waals surface area contributed by atoms with Crippen molar-refractivity contribution in [3.63, 3.8) is 0 Å². The van der Waals surface area contributed by atoms with Gasteiger partial charge in [-0.3, -0.25) is 0 Å². The van der Waals surface area contributed by atoms with Crippen LogP contribution < -0.4 is 4.74 Å². The lowest BCUT2D eigenvalue weighted by Gasteiger charge is -2.05. The predicted molar refractivity (Wildman–Crippen MR) is 83.7 cm³/mol. The maximum absolute atomic E-state index is 11.7. The molecule has 0 aliphatic heterocycles. The van der Waals surface area contributed by atoms with Crippen molar-refractivity contribution in [2.24, 2.45) is 5.16 Å². The van der Waals surface area contributed by atoms with Crippen LogP contribution in [-0.4, -0.2) is 23.9 Å². The number of carbonyl (C=O) groups is 1. The van der Waals surface area contributed by atoms with E-state index in [4.69, 9.17) is 21.2 Å². The Labute approximate surface area is 132 Å². The summed E-state index contributed by atoms with van der Waals surface area (Å²) in [5.41, 5.74) is 0.979. The zero-order valence-corrected chi connectivity index (χ0v) is 12.6. The molecular weight excluding hydrogens is 306 g/mol. The van der Waals surface area contributed by atoms with Crippen molar-refractivity contribution < 1.29 is 19.5 Å². The Kier molecular flexibility index (Phi) is 5.38. The Balaban J connectivity index is 2.01. The van der Waals surface area contributed by atoms with Gasteiger partial charge in [0.2, 0.25) is 0 Å². The Morgan fingerprint density at radius 1 is 1.27 bits per heavy atom. The highest BCUT2D eigenvalue weighted by Crippen LogP contribution is 2.26. The van der Waals surface area contributed by atoms with E-state index in [1.54, 1.807) is 36.4 Å². The minimum atomic E-state index is -0.586. The van der Waals surface area contributed by atoms with Crippen LogP contribution in [0.15, 0.2) is 47.6 Å². The maximum Gasteiger partial charge on any atom is 0.365 e. The first-order valence-corrected chi connectivity index (χ1v) is 6.94. The molecule has 0 bridgehead atoms. The van der Waals surface area contributed by atoms with Crippen molar-refractivity contribution >= 4 is 23.8 Å². The number of benzene rings is 2. The van der Waals surface area contributed by atoms with Gasteiger partial charge in [-0.25, -0.2) is 4.79 Å². The maximum atomic E-state index is 11.7. The van der Waals surface area contributed by atoms with E-state index in [0.717, 1.165) is 0 Å². The summed E-state index contributed by atoms with van der Waals surface area (Å²) in [5.74, 6) is -0.204. The summed E-state index contributed by atoms with van der Waals surface area (Å²) in [4.78, 5) is 16.5. The van der Waals surface area contributed by atoms with Gasteiger partial charge in [-0.05, 0) is 49.4 Å². The highest BCUT2D eigenvalue weighted by Gasteiger charge is 2.06. The van der Waals surface area contributed by atoms with Gasteiger partial charge in [0.1, 0.15) is 0 Å². The molecule has 0 saturated heterocycles. The van der Waals surface area contributed by atoms with Crippen LogP contribution in [0.25, 0.3) is 0 Å². The second-order valence-corrected chi connectivity index (χ2v) is 4.72. The summed E-state index contributed by atoms with van der Waals surface area (Å²) in [6, 6.07) is 11.0. The summed E-state index contributed by atoms with van der Waals surface area (Å²) >= 11 is 5.74. The van der Waals surface area contributed by atoms with Crippen LogP contribution in [-0.2, 0) is 4.84 Å². The van der Waals surface area contributed by atoms with E-state index in [-0.39, 0.29) is 5.75 Å². The lowest BCUT2D eigenvalue weighted by atomic mass is 10.2. The van der Waals surface area contributed by atoms with Gasteiger partial charge in [0.15, 0.2) is 11.5 Å². The molecule has 0 saturated carbocycles. The van der Waals surface area contributed by atoms with E-state index in [1.807, 2.05) is 6.92 Å². The van der Waals surface area contributed by atoms with Gasteiger partial charge in [0.25, 0.3) is 0 Å². The quantitative estimate of drug-likeness (QED) is 0.519. The molecule has 22 heavy (non-hydrogen) atoms. The number of halogens is 1. The molecule has 0 radical (unpaired) electrons. The van der Waals surface area contributed by atoms with Crippen LogP contribution in [0.5, 0.6) is 11.5 Å². The average Bonchev–Trinajstić information content (AvgIpc) is 2.51. The zero-order valence-electron chi connectivity index (χ0n) is 11.8. The van der Waals surface area contributed by atoms with E-state index in [1.165, 1.54) is 12.3 Å². The summed E-state index contributed by atoms with van der Waals surface area (Å²) in [7, 11) is 0. The molecule has 114 valence electrons. The molecule has 0 amide bonds. The summed E-state index contributed by atoms with van der Waals surface area (Å²) < 4.78 is 5.25. The highest BCUT2D eigenvalue weighted by atomic mass is 35.5. The third-order valence-corrected chi connectivity index (χ3v) is 2.95. The van der Waals surface area contributed by atoms with Gasteiger partial charge >= 0.3 is 5.97 Å². The van der Waals surface area contributed by atoms with Gasteiger partial charge in [-0.2, -0.15) is 0 Å². The van der Waals surface area contributed by atoms with Crippen molar-refractivity contribution in [2.75, 3.05) is 6.61 Å². The van der Waals surface area contributed by atoms with E-state index in [2.05, 4.69) is 5.16 Å². The standard InChI is InChI=1S/C16H14ClNO4/c1-2-21-15-9-11(3-8-14(15)19)10-18-22-16(20)12-4-6-13(17)7-5-12/h3-10,19H,2H2,1H3/b18-10+. The molecule has 5 nitrogen and oxygen atoms in total. The number of nitrogens with zero attached hydrogens (tertiary/aromatic N) is 1. The second-order valence-electron chi connectivity index (χ2n) is 4.28. The van der Waals surface area contributed by atoms with Crippen LogP contribution in [0.1, 0.15) is 22.8 Å². The van der Waals surface area contributed by atoms with Crippen LogP contribution in [0, 0.1) is 0 Å². The number of hydrogen-bond acceptors (Lipinski definition) is 5. The third-order valence-electron chi connectivity index (χ3n) is 2.70. The second kappa shape index (κ2) is 7.47. The number of hydrogen-bond donors (Lipinski definition) is 1. The fourth-order valence-electron chi connectivity index (χ4n) is 1.66. The lowest BCUT2D eigenvalue weighted by Crippen LogP contribution is -2.00. The number of aromatic hydroxyl groups is 1. The molecule has 1 N–H and O–H groups in total. The van der Waals surface area contributed by atoms with Crippen molar-refractivity contribution in [3.05, 3.63) is 58.6 Å². The summed E-state index contributed by atoms with van der Waals surface area (Å²) in [6.07, 6.45) is 1.36. The fourth-order valence-corrected chi connectivity index (χ4v) is 1.78. The minimum Gasteiger partial charge on any atom is -0.504 e. The van der Waals surface area contributed by atoms with Gasteiger partial charge in [0, 0.05) is 10.6 Å². The summed E-state index contributed by atoms with van der Waals surface area (Å²) in [5, 5.41) is 13.7. The zero-order chi connectivity index (χ0) is 15.9.